The summed E-state index contributed by atoms with van der Waals surface area (Å²) in [7, 11) is 0. The molecule has 1 aliphatic rings. The molecule has 1 fully saturated rings. The summed E-state index contributed by atoms with van der Waals surface area (Å²) >= 11 is 1.38. The lowest BCUT2D eigenvalue weighted by Crippen LogP contribution is -2.37. The number of carbonyl (C=O) groups is 1. The Labute approximate surface area is 124 Å². The first-order valence-electron chi connectivity index (χ1n) is 7.36. The van der Waals surface area contributed by atoms with Crippen molar-refractivity contribution in [2.24, 2.45) is 0 Å². The third-order valence-electron chi connectivity index (χ3n) is 3.63. The molecule has 0 aliphatic heterocycles. The Morgan fingerprint density at radius 2 is 2.25 bits per heavy atom. The van der Waals surface area contributed by atoms with E-state index in [1.807, 2.05) is 18.7 Å². The predicted octanol–water partition coefficient (Wildman–Crippen LogP) is 2.95. The van der Waals surface area contributed by atoms with Crippen LogP contribution in [0.5, 0.6) is 0 Å². The van der Waals surface area contributed by atoms with Crippen molar-refractivity contribution in [1.29, 1.82) is 0 Å². The number of hydrogen-bond donors (Lipinski definition) is 2. The van der Waals surface area contributed by atoms with E-state index < -0.39 is 0 Å². The Morgan fingerprint density at radius 3 is 2.75 bits per heavy atom. The number of anilines is 2. The average molecular weight is 296 g/mol. The number of nitrogens with two attached hydrogens (primary N) is 1. The Hall–Kier alpha value is -1.30. The number of carbonyl (C=O) groups excluding carboxylic acids is 1. The zero-order chi connectivity index (χ0) is 14.7. The molecule has 0 spiro atoms. The molecule has 0 radical (unpaired) electrons. The maximum absolute atomic E-state index is 12.6. The SMILES string of the molecule is CCCN(C(=O)c1sc(NC2CCC2)nc1N)C(C)C. The number of aromatic nitrogens is 1. The van der Waals surface area contributed by atoms with Gasteiger partial charge in [0, 0.05) is 18.6 Å². The second-order valence-corrected chi connectivity index (χ2v) is 6.60. The fourth-order valence-corrected chi connectivity index (χ4v) is 3.16. The highest BCUT2D eigenvalue weighted by Gasteiger charge is 2.25. The van der Waals surface area contributed by atoms with E-state index in [2.05, 4.69) is 17.2 Å². The predicted molar refractivity (Wildman–Crippen MR) is 84.3 cm³/mol. The van der Waals surface area contributed by atoms with E-state index in [0.29, 0.717) is 16.7 Å². The first-order chi connectivity index (χ1) is 9.52. The molecular formula is C14H24N4OS. The van der Waals surface area contributed by atoms with E-state index >= 15 is 0 Å². The average Bonchev–Trinajstić information content (AvgIpc) is 2.71. The van der Waals surface area contributed by atoms with Gasteiger partial charge in [-0.05, 0) is 39.5 Å². The van der Waals surface area contributed by atoms with Crippen LogP contribution in [0.4, 0.5) is 10.9 Å². The molecule has 1 heterocycles. The Bertz CT molecular complexity index is 468. The highest BCUT2D eigenvalue weighted by molar-refractivity contribution is 7.18. The maximum atomic E-state index is 12.6. The maximum Gasteiger partial charge on any atom is 0.268 e. The molecule has 2 rings (SSSR count). The van der Waals surface area contributed by atoms with E-state index in [1.54, 1.807) is 0 Å². The molecule has 0 unspecified atom stereocenters. The summed E-state index contributed by atoms with van der Waals surface area (Å²) in [6.45, 7) is 6.87. The summed E-state index contributed by atoms with van der Waals surface area (Å²) in [5, 5.41) is 4.13. The monoisotopic (exact) mass is 296 g/mol. The van der Waals surface area contributed by atoms with Crippen LogP contribution in [0.2, 0.25) is 0 Å². The smallest absolute Gasteiger partial charge is 0.268 e. The number of hydrogen-bond acceptors (Lipinski definition) is 5. The third kappa shape index (κ3) is 3.23. The Kier molecular flexibility index (Phi) is 4.86. The zero-order valence-corrected chi connectivity index (χ0v) is 13.3. The first kappa shape index (κ1) is 15.1. The molecule has 1 aromatic rings. The summed E-state index contributed by atoms with van der Waals surface area (Å²) in [6, 6.07) is 0.673. The van der Waals surface area contributed by atoms with Crippen LogP contribution in [0.25, 0.3) is 0 Å². The van der Waals surface area contributed by atoms with Gasteiger partial charge < -0.3 is 16.0 Å². The molecule has 1 amide bonds. The Balaban J connectivity index is 2.11. The first-order valence-corrected chi connectivity index (χ1v) is 8.18. The molecule has 0 saturated heterocycles. The molecule has 1 aromatic heterocycles. The summed E-state index contributed by atoms with van der Waals surface area (Å²) in [5.74, 6) is 0.349. The second kappa shape index (κ2) is 6.43. The third-order valence-corrected chi connectivity index (χ3v) is 4.62. The van der Waals surface area contributed by atoms with Crippen molar-refractivity contribution in [2.75, 3.05) is 17.6 Å². The standard InChI is InChI=1S/C14H24N4OS/c1-4-8-18(9(2)3)13(19)11-12(15)17-14(20-11)16-10-6-5-7-10/h9-10H,4-8,15H2,1-3H3,(H,16,17). The van der Waals surface area contributed by atoms with Gasteiger partial charge in [-0.1, -0.05) is 18.3 Å². The van der Waals surface area contributed by atoms with Crippen LogP contribution in [-0.2, 0) is 0 Å². The van der Waals surface area contributed by atoms with Crippen molar-refractivity contribution >= 4 is 28.2 Å². The number of nitrogen functional groups attached to an aromatic ring is 1. The molecule has 20 heavy (non-hydrogen) atoms. The van der Waals surface area contributed by atoms with Gasteiger partial charge in [-0.3, -0.25) is 4.79 Å². The largest absolute Gasteiger partial charge is 0.382 e. The molecule has 1 saturated carbocycles. The summed E-state index contributed by atoms with van der Waals surface area (Å²) in [4.78, 5) is 19.3. The van der Waals surface area contributed by atoms with Crippen molar-refractivity contribution in [3.05, 3.63) is 4.88 Å². The molecule has 0 atom stereocenters. The van der Waals surface area contributed by atoms with Crippen LogP contribution in [-0.4, -0.2) is 34.4 Å². The van der Waals surface area contributed by atoms with E-state index in [4.69, 9.17) is 5.73 Å². The highest BCUT2D eigenvalue weighted by Crippen LogP contribution is 2.30. The summed E-state index contributed by atoms with van der Waals surface area (Å²) < 4.78 is 0. The minimum atomic E-state index is -0.00138. The molecule has 3 N–H and O–H groups in total. The van der Waals surface area contributed by atoms with Crippen molar-refractivity contribution in [1.82, 2.24) is 9.88 Å². The van der Waals surface area contributed by atoms with Crippen molar-refractivity contribution in [3.63, 3.8) is 0 Å². The number of rotatable bonds is 6. The highest BCUT2D eigenvalue weighted by atomic mass is 32.1. The van der Waals surface area contributed by atoms with Crippen molar-refractivity contribution < 1.29 is 4.79 Å². The Morgan fingerprint density at radius 1 is 1.55 bits per heavy atom. The summed E-state index contributed by atoms with van der Waals surface area (Å²) in [5.41, 5.74) is 5.92. The summed E-state index contributed by atoms with van der Waals surface area (Å²) in [6.07, 6.45) is 4.56. The van der Waals surface area contributed by atoms with Crippen LogP contribution in [0, 0.1) is 0 Å². The minimum Gasteiger partial charge on any atom is -0.382 e. The van der Waals surface area contributed by atoms with Gasteiger partial charge in [0.1, 0.15) is 10.7 Å². The van der Waals surface area contributed by atoms with Gasteiger partial charge in [-0.25, -0.2) is 4.98 Å². The van der Waals surface area contributed by atoms with Gasteiger partial charge in [0.15, 0.2) is 5.13 Å². The molecule has 6 heteroatoms. The molecule has 1 aliphatic carbocycles. The lowest BCUT2D eigenvalue weighted by atomic mass is 9.93. The second-order valence-electron chi connectivity index (χ2n) is 5.60. The molecule has 0 bridgehead atoms. The fourth-order valence-electron chi connectivity index (χ4n) is 2.24. The topological polar surface area (TPSA) is 71.2 Å². The van der Waals surface area contributed by atoms with Gasteiger partial charge in [0.05, 0.1) is 0 Å². The fraction of sp³-hybridized carbons (Fsp3) is 0.714. The van der Waals surface area contributed by atoms with Gasteiger partial charge in [-0.2, -0.15) is 0 Å². The molecule has 112 valence electrons. The van der Waals surface area contributed by atoms with Crippen LogP contribution < -0.4 is 11.1 Å². The van der Waals surface area contributed by atoms with E-state index in [0.717, 1.165) is 18.1 Å². The van der Waals surface area contributed by atoms with E-state index in [9.17, 15) is 4.79 Å². The number of nitrogens with zero attached hydrogens (tertiary/aromatic N) is 2. The molecular weight excluding hydrogens is 272 g/mol. The van der Waals surface area contributed by atoms with E-state index in [-0.39, 0.29) is 11.9 Å². The van der Waals surface area contributed by atoms with Crippen molar-refractivity contribution in [2.45, 2.75) is 58.5 Å². The van der Waals surface area contributed by atoms with Gasteiger partial charge in [0.25, 0.3) is 5.91 Å². The van der Waals surface area contributed by atoms with Crippen LogP contribution in [0.3, 0.4) is 0 Å². The van der Waals surface area contributed by atoms with E-state index in [1.165, 1.54) is 30.6 Å². The van der Waals surface area contributed by atoms with Crippen LogP contribution >= 0.6 is 11.3 Å². The normalized spacial score (nSPS) is 15.2. The quantitative estimate of drug-likeness (QED) is 0.846. The number of thiazole rings is 1. The lowest BCUT2D eigenvalue weighted by molar-refractivity contribution is 0.0712. The van der Waals surface area contributed by atoms with Gasteiger partial charge in [0.2, 0.25) is 0 Å². The number of nitrogens with one attached hydrogen (secondary N) is 1. The molecule has 5 nitrogen and oxygen atoms in total. The van der Waals surface area contributed by atoms with Gasteiger partial charge >= 0.3 is 0 Å². The van der Waals surface area contributed by atoms with Crippen molar-refractivity contribution in [3.8, 4) is 0 Å². The van der Waals surface area contributed by atoms with Crippen LogP contribution in [0.15, 0.2) is 0 Å². The number of amides is 1. The van der Waals surface area contributed by atoms with Crippen LogP contribution in [0.1, 0.15) is 56.1 Å². The molecule has 0 aromatic carbocycles. The minimum absolute atomic E-state index is 0.00138. The van der Waals surface area contributed by atoms with Gasteiger partial charge in [-0.15, -0.1) is 0 Å². The lowest BCUT2D eigenvalue weighted by Gasteiger charge is -2.26. The zero-order valence-electron chi connectivity index (χ0n) is 12.5.